The van der Waals surface area contributed by atoms with Gasteiger partial charge in [-0.3, -0.25) is 10.1 Å². The number of nitrogens with zero attached hydrogens (tertiary/aromatic N) is 3. The molecule has 1 aliphatic carbocycles. The van der Waals surface area contributed by atoms with E-state index in [-0.39, 0.29) is 5.69 Å². The van der Waals surface area contributed by atoms with Gasteiger partial charge in [0.25, 0.3) is 5.69 Å². The molecule has 2 aromatic rings. The largest absolute Gasteiger partial charge is 0.339 e. The van der Waals surface area contributed by atoms with E-state index in [1.165, 1.54) is 37.8 Å². The molecule has 1 saturated carbocycles. The zero-order chi connectivity index (χ0) is 14.7. The molecule has 0 spiro atoms. The Kier molecular flexibility index (Phi) is 3.94. The van der Waals surface area contributed by atoms with Crippen LogP contribution in [-0.4, -0.2) is 15.1 Å². The quantitative estimate of drug-likeness (QED) is 0.617. The Hall–Kier alpha value is -2.24. The second-order valence-corrected chi connectivity index (χ2v) is 5.51. The van der Waals surface area contributed by atoms with Crippen LogP contribution in [0.4, 0.5) is 5.69 Å². The fourth-order valence-electron chi connectivity index (χ4n) is 2.86. The Bertz CT molecular complexity index is 633. The van der Waals surface area contributed by atoms with Crippen molar-refractivity contribution >= 4 is 5.69 Å². The lowest BCUT2D eigenvalue weighted by Gasteiger charge is -2.04. The summed E-state index contributed by atoms with van der Waals surface area (Å²) < 4.78 is 5.25. The maximum absolute atomic E-state index is 10.8. The second-order valence-electron chi connectivity index (χ2n) is 5.51. The number of rotatable bonds is 5. The lowest BCUT2D eigenvalue weighted by molar-refractivity contribution is -0.384. The lowest BCUT2D eigenvalue weighted by atomic mass is 10.0. The van der Waals surface area contributed by atoms with Gasteiger partial charge in [-0.15, -0.1) is 0 Å². The molecule has 0 atom stereocenters. The topological polar surface area (TPSA) is 82.1 Å². The molecular weight excluding hydrogens is 270 g/mol. The highest BCUT2D eigenvalue weighted by Gasteiger charge is 2.17. The Labute approximate surface area is 122 Å². The summed E-state index contributed by atoms with van der Waals surface area (Å²) in [6, 6.07) is 6.29. The van der Waals surface area contributed by atoms with E-state index in [0.29, 0.717) is 17.3 Å². The Morgan fingerprint density at radius 2 is 2.14 bits per heavy atom. The number of non-ortho nitro benzene ring substituents is 1. The third-order valence-corrected chi connectivity index (χ3v) is 4.02. The molecule has 6 heteroatoms. The third kappa shape index (κ3) is 3.26. The van der Waals surface area contributed by atoms with Crippen molar-refractivity contribution < 1.29 is 9.45 Å². The van der Waals surface area contributed by atoms with E-state index < -0.39 is 4.92 Å². The molecule has 110 valence electrons. The van der Waals surface area contributed by atoms with Crippen molar-refractivity contribution in [2.75, 3.05) is 0 Å². The van der Waals surface area contributed by atoms with Crippen LogP contribution < -0.4 is 0 Å². The van der Waals surface area contributed by atoms with Crippen molar-refractivity contribution in [1.29, 1.82) is 0 Å². The first-order chi connectivity index (χ1) is 10.2. The molecular formula is C15H17N3O3. The van der Waals surface area contributed by atoms with Gasteiger partial charge in [-0.2, -0.15) is 4.98 Å². The minimum absolute atomic E-state index is 0.0322. The van der Waals surface area contributed by atoms with Crippen molar-refractivity contribution in [3.8, 4) is 11.4 Å². The molecule has 1 aromatic carbocycles. The number of benzene rings is 1. The summed E-state index contributed by atoms with van der Waals surface area (Å²) in [4.78, 5) is 14.7. The second kappa shape index (κ2) is 6.03. The predicted molar refractivity (Wildman–Crippen MR) is 76.7 cm³/mol. The van der Waals surface area contributed by atoms with Crippen molar-refractivity contribution in [3.05, 3.63) is 40.3 Å². The number of aromatic nitrogens is 2. The van der Waals surface area contributed by atoms with Crippen molar-refractivity contribution in [1.82, 2.24) is 10.1 Å². The van der Waals surface area contributed by atoms with E-state index in [0.717, 1.165) is 18.8 Å². The van der Waals surface area contributed by atoms with Gasteiger partial charge in [0, 0.05) is 24.1 Å². The molecule has 0 amide bonds. The first-order valence-corrected chi connectivity index (χ1v) is 7.30. The van der Waals surface area contributed by atoms with Crippen LogP contribution in [0.3, 0.4) is 0 Å². The van der Waals surface area contributed by atoms with E-state index >= 15 is 0 Å². The number of hydrogen-bond acceptors (Lipinski definition) is 5. The summed E-state index contributed by atoms with van der Waals surface area (Å²) in [5.41, 5.74) is 0.643. The van der Waals surface area contributed by atoms with E-state index in [9.17, 15) is 10.1 Å². The maximum atomic E-state index is 10.8. The fraction of sp³-hybridized carbons (Fsp3) is 0.467. The molecule has 3 rings (SSSR count). The molecule has 0 aliphatic heterocycles. The zero-order valence-corrected chi connectivity index (χ0v) is 11.7. The van der Waals surface area contributed by atoms with Gasteiger partial charge in [-0.05, 0) is 12.3 Å². The number of aryl methyl sites for hydroxylation is 1. The molecule has 0 unspecified atom stereocenters. The standard InChI is InChI=1S/C15H17N3O3/c19-18(20)13-7-3-6-12(10-13)15-16-14(21-17-15)9-8-11-4-1-2-5-11/h3,6-7,10-11H,1-2,4-5,8-9H2. The van der Waals surface area contributed by atoms with Crippen LogP contribution in [0.2, 0.25) is 0 Å². The van der Waals surface area contributed by atoms with Gasteiger partial charge in [0.15, 0.2) is 0 Å². The van der Waals surface area contributed by atoms with E-state index in [1.54, 1.807) is 12.1 Å². The average molecular weight is 287 g/mol. The highest BCUT2D eigenvalue weighted by atomic mass is 16.6. The Morgan fingerprint density at radius 3 is 2.90 bits per heavy atom. The van der Waals surface area contributed by atoms with Gasteiger partial charge in [0.1, 0.15) is 0 Å². The van der Waals surface area contributed by atoms with Crippen molar-refractivity contribution in [3.63, 3.8) is 0 Å². The number of nitro groups is 1. The van der Waals surface area contributed by atoms with Gasteiger partial charge >= 0.3 is 0 Å². The van der Waals surface area contributed by atoms with Crippen molar-refractivity contribution in [2.45, 2.75) is 38.5 Å². The lowest BCUT2D eigenvalue weighted by Crippen LogP contribution is -1.96. The zero-order valence-electron chi connectivity index (χ0n) is 11.7. The fourth-order valence-corrected chi connectivity index (χ4v) is 2.86. The monoisotopic (exact) mass is 287 g/mol. The molecule has 1 heterocycles. The van der Waals surface area contributed by atoms with Crippen LogP contribution in [0.25, 0.3) is 11.4 Å². The summed E-state index contributed by atoms with van der Waals surface area (Å²) >= 11 is 0. The Morgan fingerprint density at radius 1 is 1.33 bits per heavy atom. The average Bonchev–Trinajstić information content (AvgIpc) is 3.17. The summed E-state index contributed by atoms with van der Waals surface area (Å²) in [5.74, 6) is 1.81. The van der Waals surface area contributed by atoms with Gasteiger partial charge in [-0.25, -0.2) is 0 Å². The summed E-state index contributed by atoms with van der Waals surface area (Å²) in [6.45, 7) is 0. The minimum Gasteiger partial charge on any atom is -0.339 e. The molecule has 0 N–H and O–H groups in total. The van der Waals surface area contributed by atoms with Crippen LogP contribution in [0.5, 0.6) is 0 Å². The first kappa shape index (κ1) is 13.7. The Balaban J connectivity index is 1.69. The van der Waals surface area contributed by atoms with Crippen LogP contribution in [0.1, 0.15) is 38.0 Å². The SMILES string of the molecule is O=[N+]([O-])c1cccc(-c2noc(CCC3CCCC3)n2)c1. The highest BCUT2D eigenvalue weighted by Crippen LogP contribution is 2.29. The van der Waals surface area contributed by atoms with E-state index in [2.05, 4.69) is 10.1 Å². The number of nitro benzene ring substituents is 1. The molecule has 0 bridgehead atoms. The summed E-state index contributed by atoms with van der Waals surface area (Å²) in [7, 11) is 0. The molecule has 21 heavy (non-hydrogen) atoms. The maximum Gasteiger partial charge on any atom is 0.270 e. The van der Waals surface area contributed by atoms with Crippen LogP contribution in [-0.2, 0) is 6.42 Å². The molecule has 6 nitrogen and oxygen atoms in total. The highest BCUT2D eigenvalue weighted by molar-refractivity contribution is 5.58. The molecule has 0 saturated heterocycles. The van der Waals surface area contributed by atoms with E-state index in [1.807, 2.05) is 0 Å². The third-order valence-electron chi connectivity index (χ3n) is 4.02. The summed E-state index contributed by atoms with van der Waals surface area (Å²) in [5, 5.41) is 14.7. The molecule has 0 radical (unpaired) electrons. The van der Waals surface area contributed by atoms with Crippen LogP contribution >= 0.6 is 0 Å². The smallest absolute Gasteiger partial charge is 0.270 e. The van der Waals surface area contributed by atoms with Gasteiger partial charge in [0.05, 0.1) is 4.92 Å². The van der Waals surface area contributed by atoms with Gasteiger partial charge in [0.2, 0.25) is 11.7 Å². The molecule has 1 aliphatic rings. The normalized spacial score (nSPS) is 15.4. The first-order valence-electron chi connectivity index (χ1n) is 7.30. The predicted octanol–water partition coefficient (Wildman–Crippen LogP) is 3.77. The molecule has 1 fully saturated rings. The van der Waals surface area contributed by atoms with Gasteiger partial charge < -0.3 is 4.52 Å². The van der Waals surface area contributed by atoms with Gasteiger partial charge in [-0.1, -0.05) is 43.0 Å². The molecule has 1 aromatic heterocycles. The van der Waals surface area contributed by atoms with Crippen LogP contribution in [0, 0.1) is 16.0 Å². The minimum atomic E-state index is -0.426. The van der Waals surface area contributed by atoms with Crippen LogP contribution in [0.15, 0.2) is 28.8 Å². The number of hydrogen-bond donors (Lipinski definition) is 0. The summed E-state index contributed by atoms with van der Waals surface area (Å²) in [6.07, 6.45) is 7.11. The van der Waals surface area contributed by atoms with E-state index in [4.69, 9.17) is 4.52 Å². The van der Waals surface area contributed by atoms with Crippen molar-refractivity contribution in [2.24, 2.45) is 5.92 Å².